The fraction of sp³-hybridized carbons (Fsp3) is 0.176. The Balaban J connectivity index is 1.94. The molecule has 6 heteroatoms. The van der Waals surface area contributed by atoms with Gasteiger partial charge in [0.1, 0.15) is 5.75 Å². The van der Waals surface area contributed by atoms with Crippen LogP contribution in [0.1, 0.15) is 11.1 Å². The highest BCUT2D eigenvalue weighted by Crippen LogP contribution is 2.20. The highest BCUT2D eigenvalue weighted by molar-refractivity contribution is 6.40. The van der Waals surface area contributed by atoms with Gasteiger partial charge in [-0.1, -0.05) is 29.8 Å². The summed E-state index contributed by atoms with van der Waals surface area (Å²) in [6.45, 7) is 2.05. The van der Waals surface area contributed by atoms with Crippen LogP contribution < -0.4 is 15.4 Å². The third-order valence-electron chi connectivity index (χ3n) is 3.24. The molecule has 120 valence electrons. The van der Waals surface area contributed by atoms with Crippen LogP contribution >= 0.6 is 11.6 Å². The lowest BCUT2D eigenvalue weighted by atomic mass is 10.2. The van der Waals surface area contributed by atoms with Crippen LogP contribution in [0, 0.1) is 6.92 Å². The number of anilines is 1. The second kappa shape index (κ2) is 7.65. The number of aryl methyl sites for hydroxylation is 1. The van der Waals surface area contributed by atoms with Crippen molar-refractivity contribution in [2.24, 2.45) is 0 Å². The van der Waals surface area contributed by atoms with E-state index in [1.807, 2.05) is 19.1 Å². The maximum Gasteiger partial charge on any atom is 0.313 e. The van der Waals surface area contributed by atoms with Gasteiger partial charge in [-0.15, -0.1) is 0 Å². The van der Waals surface area contributed by atoms with E-state index in [9.17, 15) is 9.59 Å². The molecule has 2 aromatic rings. The Morgan fingerprint density at radius 3 is 2.65 bits per heavy atom. The summed E-state index contributed by atoms with van der Waals surface area (Å²) < 4.78 is 5.11. The molecule has 0 aromatic heterocycles. The lowest BCUT2D eigenvalue weighted by Crippen LogP contribution is -2.35. The first-order valence-corrected chi connectivity index (χ1v) is 7.35. The van der Waals surface area contributed by atoms with Gasteiger partial charge in [0.25, 0.3) is 0 Å². The van der Waals surface area contributed by atoms with E-state index in [0.717, 1.165) is 11.1 Å². The van der Waals surface area contributed by atoms with Crippen LogP contribution in [0.15, 0.2) is 42.5 Å². The number of methoxy groups -OCH3 is 1. The molecule has 0 radical (unpaired) electrons. The summed E-state index contributed by atoms with van der Waals surface area (Å²) in [6, 6.07) is 12.3. The van der Waals surface area contributed by atoms with Crippen molar-refractivity contribution in [2.45, 2.75) is 13.5 Å². The van der Waals surface area contributed by atoms with E-state index in [4.69, 9.17) is 16.3 Å². The van der Waals surface area contributed by atoms with Crippen LogP contribution in [-0.4, -0.2) is 18.9 Å². The summed E-state index contributed by atoms with van der Waals surface area (Å²) >= 11 is 5.89. The Bertz CT molecular complexity index is 732. The minimum absolute atomic E-state index is 0.234. The van der Waals surface area contributed by atoms with Gasteiger partial charge in [-0.25, -0.2) is 0 Å². The van der Waals surface area contributed by atoms with Crippen molar-refractivity contribution in [2.75, 3.05) is 12.4 Å². The zero-order chi connectivity index (χ0) is 16.8. The molecular formula is C17H17ClN2O3. The molecule has 0 aliphatic heterocycles. The fourth-order valence-corrected chi connectivity index (χ4v) is 2.13. The first-order chi connectivity index (χ1) is 11.0. The van der Waals surface area contributed by atoms with E-state index < -0.39 is 11.8 Å². The molecule has 0 saturated heterocycles. The molecule has 23 heavy (non-hydrogen) atoms. The van der Waals surface area contributed by atoms with Crippen molar-refractivity contribution in [3.63, 3.8) is 0 Å². The third-order valence-corrected chi connectivity index (χ3v) is 3.48. The Morgan fingerprint density at radius 1 is 1.13 bits per heavy atom. The van der Waals surface area contributed by atoms with Gasteiger partial charge in [0, 0.05) is 17.3 Å². The number of rotatable bonds is 4. The first kappa shape index (κ1) is 16.8. The van der Waals surface area contributed by atoms with Gasteiger partial charge in [-0.2, -0.15) is 0 Å². The van der Waals surface area contributed by atoms with E-state index in [1.54, 1.807) is 37.4 Å². The molecular weight excluding hydrogens is 316 g/mol. The monoisotopic (exact) mass is 332 g/mol. The molecule has 2 amide bonds. The summed E-state index contributed by atoms with van der Waals surface area (Å²) in [7, 11) is 1.57. The Morgan fingerprint density at radius 2 is 1.91 bits per heavy atom. The summed E-state index contributed by atoms with van der Waals surface area (Å²) in [5.74, 6) is -0.763. The number of halogens is 1. The van der Waals surface area contributed by atoms with E-state index in [-0.39, 0.29) is 6.54 Å². The van der Waals surface area contributed by atoms with Gasteiger partial charge in [0.05, 0.1) is 7.11 Å². The van der Waals surface area contributed by atoms with E-state index in [2.05, 4.69) is 10.6 Å². The average molecular weight is 333 g/mol. The molecule has 2 aromatic carbocycles. The van der Waals surface area contributed by atoms with Gasteiger partial charge < -0.3 is 15.4 Å². The minimum atomic E-state index is -0.738. The highest BCUT2D eigenvalue weighted by atomic mass is 35.5. The second-order valence-corrected chi connectivity index (χ2v) is 5.38. The van der Waals surface area contributed by atoms with Crippen LogP contribution in [0.4, 0.5) is 5.69 Å². The molecule has 5 nitrogen and oxygen atoms in total. The predicted octanol–water partition coefficient (Wildman–Crippen LogP) is 2.91. The van der Waals surface area contributed by atoms with Crippen molar-refractivity contribution in [1.82, 2.24) is 5.32 Å². The zero-order valence-corrected chi connectivity index (χ0v) is 13.6. The third kappa shape index (κ3) is 4.72. The maximum absolute atomic E-state index is 11.9. The van der Waals surface area contributed by atoms with Gasteiger partial charge in [-0.3, -0.25) is 9.59 Å². The minimum Gasteiger partial charge on any atom is -0.497 e. The molecule has 2 rings (SSSR count). The topological polar surface area (TPSA) is 67.4 Å². The standard InChI is InChI=1S/C17H17ClN2O3/c1-11-6-7-13(18)9-15(11)20-17(22)16(21)19-10-12-4-3-5-14(8-12)23-2/h3-9H,10H2,1-2H3,(H,19,21)(H,20,22). The second-order valence-electron chi connectivity index (χ2n) is 4.95. The molecule has 0 aliphatic carbocycles. The van der Waals surface area contributed by atoms with Gasteiger partial charge in [0.15, 0.2) is 0 Å². The molecule has 0 saturated carbocycles. The molecule has 0 unspecified atom stereocenters. The number of ether oxygens (including phenoxy) is 1. The Kier molecular flexibility index (Phi) is 5.60. The first-order valence-electron chi connectivity index (χ1n) is 6.98. The maximum atomic E-state index is 11.9. The number of nitrogens with one attached hydrogen (secondary N) is 2. The lowest BCUT2D eigenvalue weighted by Gasteiger charge is -2.09. The van der Waals surface area contributed by atoms with E-state index in [1.165, 1.54) is 0 Å². The fourth-order valence-electron chi connectivity index (χ4n) is 1.95. The predicted molar refractivity (Wildman–Crippen MR) is 89.7 cm³/mol. The van der Waals surface area contributed by atoms with Crippen molar-refractivity contribution in [1.29, 1.82) is 0 Å². The van der Waals surface area contributed by atoms with Crippen molar-refractivity contribution >= 4 is 29.1 Å². The van der Waals surface area contributed by atoms with Crippen LogP contribution in [0.3, 0.4) is 0 Å². The number of amides is 2. The van der Waals surface area contributed by atoms with Crippen LogP contribution in [-0.2, 0) is 16.1 Å². The summed E-state index contributed by atoms with van der Waals surface area (Å²) in [6.07, 6.45) is 0. The summed E-state index contributed by atoms with van der Waals surface area (Å²) in [5.41, 5.74) is 2.17. The zero-order valence-electron chi connectivity index (χ0n) is 12.9. The molecule has 0 spiro atoms. The quantitative estimate of drug-likeness (QED) is 0.846. The lowest BCUT2D eigenvalue weighted by molar-refractivity contribution is -0.136. The normalized spacial score (nSPS) is 10.0. The van der Waals surface area contributed by atoms with Crippen LogP contribution in [0.5, 0.6) is 5.75 Å². The van der Waals surface area contributed by atoms with Crippen LogP contribution in [0.25, 0.3) is 0 Å². The Hall–Kier alpha value is -2.53. The van der Waals surface area contributed by atoms with Gasteiger partial charge in [0.2, 0.25) is 0 Å². The van der Waals surface area contributed by atoms with Gasteiger partial charge in [-0.05, 0) is 42.3 Å². The number of benzene rings is 2. The summed E-state index contributed by atoms with van der Waals surface area (Å²) in [5, 5.41) is 5.60. The smallest absolute Gasteiger partial charge is 0.313 e. The highest BCUT2D eigenvalue weighted by Gasteiger charge is 2.14. The van der Waals surface area contributed by atoms with Crippen molar-refractivity contribution in [3.05, 3.63) is 58.6 Å². The SMILES string of the molecule is COc1cccc(CNC(=O)C(=O)Nc2cc(Cl)ccc2C)c1. The van der Waals surface area contributed by atoms with Gasteiger partial charge >= 0.3 is 11.8 Å². The molecule has 0 atom stereocenters. The number of carbonyl (C=O) groups excluding carboxylic acids is 2. The largest absolute Gasteiger partial charge is 0.497 e. The average Bonchev–Trinajstić information content (AvgIpc) is 2.56. The van der Waals surface area contributed by atoms with Crippen LogP contribution in [0.2, 0.25) is 5.02 Å². The van der Waals surface area contributed by atoms with E-state index in [0.29, 0.717) is 16.5 Å². The molecule has 0 bridgehead atoms. The number of hydrogen-bond acceptors (Lipinski definition) is 3. The number of carbonyl (C=O) groups is 2. The van der Waals surface area contributed by atoms with Crippen molar-refractivity contribution < 1.29 is 14.3 Å². The number of hydrogen-bond donors (Lipinski definition) is 2. The molecule has 0 aliphatic rings. The van der Waals surface area contributed by atoms with Crippen molar-refractivity contribution in [3.8, 4) is 5.75 Å². The molecule has 0 heterocycles. The summed E-state index contributed by atoms with van der Waals surface area (Å²) in [4.78, 5) is 23.8. The molecule has 2 N–H and O–H groups in total. The Labute approximate surface area is 139 Å². The van der Waals surface area contributed by atoms with E-state index >= 15 is 0 Å². The molecule has 0 fully saturated rings.